The summed E-state index contributed by atoms with van der Waals surface area (Å²) in [6.45, 7) is 4.26. The first-order chi connectivity index (χ1) is 9.24. The van der Waals surface area contributed by atoms with Crippen molar-refractivity contribution in [3.05, 3.63) is 35.8 Å². The molecule has 116 valence electrons. The summed E-state index contributed by atoms with van der Waals surface area (Å²) in [5.74, 6) is 0.234. The predicted molar refractivity (Wildman–Crippen MR) is 87.2 cm³/mol. The van der Waals surface area contributed by atoms with Crippen molar-refractivity contribution in [2.24, 2.45) is 5.92 Å². The second-order valence-corrected chi connectivity index (χ2v) is 5.04. The van der Waals surface area contributed by atoms with Crippen LogP contribution < -0.4 is 10.6 Å². The van der Waals surface area contributed by atoms with Crippen LogP contribution in [0.3, 0.4) is 0 Å². The Balaban J connectivity index is 0.00000110. The molecule has 0 saturated carbocycles. The van der Waals surface area contributed by atoms with Crippen LogP contribution in [-0.4, -0.2) is 28.4 Å². The van der Waals surface area contributed by atoms with Gasteiger partial charge < -0.3 is 15.0 Å². The van der Waals surface area contributed by atoms with Gasteiger partial charge in [0, 0.05) is 18.4 Å². The number of amides is 1. The quantitative estimate of drug-likeness (QED) is 0.900. The topological polar surface area (TPSA) is 58.4 Å². The SMILES string of the molecule is Cc1cccc2nc(CNC(=O)C3CCNC3)cn12.Cl.Cl. The number of fused-ring (bicyclic) bond motifs is 1. The molecule has 1 saturated heterocycles. The first-order valence-electron chi connectivity index (χ1n) is 6.66. The third-order valence-electron chi connectivity index (χ3n) is 3.62. The molecular weight excluding hydrogens is 311 g/mol. The lowest BCUT2D eigenvalue weighted by Gasteiger charge is -2.08. The summed E-state index contributed by atoms with van der Waals surface area (Å²) in [6, 6.07) is 6.00. The summed E-state index contributed by atoms with van der Waals surface area (Å²) in [4.78, 5) is 16.4. The molecule has 2 N–H and O–H groups in total. The lowest BCUT2D eigenvalue weighted by molar-refractivity contribution is -0.124. The Morgan fingerprint density at radius 2 is 2.29 bits per heavy atom. The zero-order chi connectivity index (χ0) is 13.2. The zero-order valence-electron chi connectivity index (χ0n) is 11.8. The number of nitrogens with zero attached hydrogens (tertiary/aromatic N) is 2. The smallest absolute Gasteiger partial charge is 0.224 e. The van der Waals surface area contributed by atoms with Gasteiger partial charge in [0.25, 0.3) is 0 Å². The highest BCUT2D eigenvalue weighted by Gasteiger charge is 2.22. The Hall–Kier alpha value is -1.30. The highest BCUT2D eigenvalue weighted by atomic mass is 35.5. The van der Waals surface area contributed by atoms with E-state index in [1.54, 1.807) is 0 Å². The van der Waals surface area contributed by atoms with Gasteiger partial charge in [-0.05, 0) is 32.0 Å². The number of hydrogen-bond acceptors (Lipinski definition) is 3. The van der Waals surface area contributed by atoms with E-state index in [2.05, 4.69) is 15.6 Å². The second-order valence-electron chi connectivity index (χ2n) is 5.04. The Morgan fingerprint density at radius 1 is 1.48 bits per heavy atom. The minimum absolute atomic E-state index is 0. The van der Waals surface area contributed by atoms with Crippen molar-refractivity contribution in [2.45, 2.75) is 19.9 Å². The lowest BCUT2D eigenvalue weighted by Crippen LogP contribution is -2.31. The summed E-state index contributed by atoms with van der Waals surface area (Å²) < 4.78 is 2.04. The average molecular weight is 331 g/mol. The molecule has 21 heavy (non-hydrogen) atoms. The summed E-state index contributed by atoms with van der Waals surface area (Å²) in [7, 11) is 0. The van der Waals surface area contributed by atoms with Crippen LogP contribution in [0.2, 0.25) is 0 Å². The van der Waals surface area contributed by atoms with E-state index in [-0.39, 0.29) is 36.6 Å². The maximum absolute atomic E-state index is 11.9. The van der Waals surface area contributed by atoms with Crippen LogP contribution in [0.1, 0.15) is 17.8 Å². The number of halogens is 2. The van der Waals surface area contributed by atoms with Crippen LogP contribution >= 0.6 is 24.8 Å². The molecule has 1 aliphatic rings. The number of imidazole rings is 1. The average Bonchev–Trinajstić information content (AvgIpc) is 3.05. The molecule has 1 amide bonds. The fraction of sp³-hybridized carbons (Fsp3) is 0.429. The maximum Gasteiger partial charge on any atom is 0.224 e. The Labute approximate surface area is 136 Å². The van der Waals surface area contributed by atoms with Crippen molar-refractivity contribution in [1.82, 2.24) is 20.0 Å². The molecule has 2 aromatic heterocycles. The van der Waals surface area contributed by atoms with Gasteiger partial charge >= 0.3 is 0 Å². The van der Waals surface area contributed by atoms with Gasteiger partial charge in [-0.3, -0.25) is 4.79 Å². The summed E-state index contributed by atoms with van der Waals surface area (Å²) in [5.41, 5.74) is 2.96. The Kier molecular flexibility index (Phi) is 6.45. The molecule has 5 nitrogen and oxygen atoms in total. The predicted octanol–water partition coefficient (Wildman–Crippen LogP) is 1.71. The number of aryl methyl sites for hydroxylation is 1. The van der Waals surface area contributed by atoms with Crippen LogP contribution in [0.25, 0.3) is 5.65 Å². The fourth-order valence-electron chi connectivity index (χ4n) is 2.48. The highest BCUT2D eigenvalue weighted by Crippen LogP contribution is 2.10. The highest BCUT2D eigenvalue weighted by molar-refractivity contribution is 5.85. The van der Waals surface area contributed by atoms with E-state index in [0.717, 1.165) is 36.5 Å². The first kappa shape index (κ1) is 17.8. The normalized spacial score (nSPS) is 17.1. The molecule has 0 aliphatic carbocycles. The van der Waals surface area contributed by atoms with Gasteiger partial charge in [0.05, 0.1) is 18.2 Å². The third kappa shape index (κ3) is 3.87. The number of rotatable bonds is 3. The molecule has 7 heteroatoms. The molecule has 3 rings (SSSR count). The molecule has 2 aromatic rings. The standard InChI is InChI=1S/C14H18N4O.2ClH/c1-10-3-2-4-13-17-12(9-18(10)13)8-16-14(19)11-5-6-15-7-11;;/h2-4,9,11,15H,5-8H2,1H3,(H,16,19);2*1H. The number of carbonyl (C=O) groups is 1. The third-order valence-corrected chi connectivity index (χ3v) is 3.62. The number of nitrogens with one attached hydrogen (secondary N) is 2. The van der Waals surface area contributed by atoms with E-state index < -0.39 is 0 Å². The number of pyridine rings is 1. The van der Waals surface area contributed by atoms with Crippen molar-refractivity contribution in [3.8, 4) is 0 Å². The first-order valence-corrected chi connectivity index (χ1v) is 6.66. The fourth-order valence-corrected chi connectivity index (χ4v) is 2.48. The molecule has 0 radical (unpaired) electrons. The minimum Gasteiger partial charge on any atom is -0.350 e. The van der Waals surface area contributed by atoms with E-state index in [1.807, 2.05) is 35.7 Å². The number of carbonyl (C=O) groups excluding carboxylic acids is 1. The molecule has 1 fully saturated rings. The largest absolute Gasteiger partial charge is 0.350 e. The minimum atomic E-state index is 0. The molecule has 1 atom stereocenters. The Morgan fingerprint density at radius 3 is 2.95 bits per heavy atom. The number of aromatic nitrogens is 2. The van der Waals surface area contributed by atoms with Crippen molar-refractivity contribution < 1.29 is 4.79 Å². The summed E-state index contributed by atoms with van der Waals surface area (Å²) >= 11 is 0. The molecule has 0 bridgehead atoms. The van der Waals surface area contributed by atoms with E-state index in [0.29, 0.717) is 6.54 Å². The van der Waals surface area contributed by atoms with Crippen molar-refractivity contribution in [3.63, 3.8) is 0 Å². The van der Waals surface area contributed by atoms with Crippen molar-refractivity contribution in [1.29, 1.82) is 0 Å². The van der Waals surface area contributed by atoms with Gasteiger partial charge in [0.2, 0.25) is 5.91 Å². The van der Waals surface area contributed by atoms with Gasteiger partial charge in [-0.15, -0.1) is 24.8 Å². The van der Waals surface area contributed by atoms with Gasteiger partial charge in [0.15, 0.2) is 0 Å². The van der Waals surface area contributed by atoms with E-state index in [4.69, 9.17) is 0 Å². The van der Waals surface area contributed by atoms with E-state index in [9.17, 15) is 4.79 Å². The van der Waals surface area contributed by atoms with Crippen LogP contribution in [0.4, 0.5) is 0 Å². The second kappa shape index (κ2) is 7.64. The van der Waals surface area contributed by atoms with Gasteiger partial charge in [-0.2, -0.15) is 0 Å². The maximum atomic E-state index is 11.9. The molecule has 0 aromatic carbocycles. The van der Waals surface area contributed by atoms with E-state index in [1.165, 1.54) is 0 Å². The Bertz CT molecular complexity index is 608. The molecule has 1 aliphatic heterocycles. The van der Waals surface area contributed by atoms with Crippen LogP contribution in [0.5, 0.6) is 0 Å². The summed E-state index contributed by atoms with van der Waals surface area (Å²) in [6.07, 6.45) is 2.91. The van der Waals surface area contributed by atoms with Gasteiger partial charge in [-0.1, -0.05) is 6.07 Å². The molecule has 3 heterocycles. The van der Waals surface area contributed by atoms with Gasteiger partial charge in [-0.25, -0.2) is 4.98 Å². The summed E-state index contributed by atoms with van der Waals surface area (Å²) in [5, 5.41) is 6.17. The molecule has 1 unspecified atom stereocenters. The van der Waals surface area contributed by atoms with Crippen molar-refractivity contribution in [2.75, 3.05) is 13.1 Å². The number of hydrogen-bond donors (Lipinski definition) is 2. The van der Waals surface area contributed by atoms with Crippen molar-refractivity contribution >= 4 is 36.4 Å². The molecular formula is C14H20Cl2N4O. The zero-order valence-corrected chi connectivity index (χ0v) is 13.5. The van der Waals surface area contributed by atoms with Crippen LogP contribution in [0.15, 0.2) is 24.4 Å². The van der Waals surface area contributed by atoms with Crippen LogP contribution in [-0.2, 0) is 11.3 Å². The monoisotopic (exact) mass is 330 g/mol. The molecule has 0 spiro atoms. The van der Waals surface area contributed by atoms with Crippen LogP contribution in [0, 0.1) is 12.8 Å². The van der Waals surface area contributed by atoms with E-state index >= 15 is 0 Å². The van der Waals surface area contributed by atoms with Gasteiger partial charge in [0.1, 0.15) is 5.65 Å². The lowest BCUT2D eigenvalue weighted by atomic mass is 10.1.